The molecule has 4 nitrogen and oxygen atoms in total. The topological polar surface area (TPSA) is 49.4 Å². The smallest absolute Gasteiger partial charge is 0.249 e. The normalized spacial score (nSPS) is 31.8. The highest BCUT2D eigenvalue weighted by atomic mass is 16.2. The van der Waals surface area contributed by atoms with Crippen molar-refractivity contribution < 1.29 is 9.59 Å². The van der Waals surface area contributed by atoms with Crippen LogP contribution in [0.4, 0.5) is 0 Å². The van der Waals surface area contributed by atoms with Gasteiger partial charge in [-0.25, -0.2) is 0 Å². The molecule has 0 aromatic carbocycles. The monoisotopic (exact) mass is 252 g/mol. The molecular weight excluding hydrogens is 228 g/mol. The Morgan fingerprint density at radius 1 is 1.28 bits per heavy atom. The Labute approximate surface area is 109 Å². The van der Waals surface area contributed by atoms with Crippen LogP contribution >= 0.6 is 0 Å². The molecular formula is C14H24N2O2. The summed E-state index contributed by atoms with van der Waals surface area (Å²) in [5.41, 5.74) is -1.42. The molecule has 102 valence electrons. The maximum Gasteiger partial charge on any atom is 0.249 e. The third-order valence-corrected chi connectivity index (χ3v) is 4.23. The second-order valence-corrected chi connectivity index (χ2v) is 6.80. The van der Waals surface area contributed by atoms with E-state index in [-0.39, 0.29) is 11.8 Å². The number of nitrogens with one attached hydrogen (secondary N) is 1. The average Bonchev–Trinajstić information content (AvgIpc) is 3.06. The van der Waals surface area contributed by atoms with Crippen LogP contribution in [0, 0.1) is 11.8 Å². The molecule has 0 spiro atoms. The first-order valence-electron chi connectivity index (χ1n) is 6.84. The SMILES string of the molecule is CC(C)CN1C(=O)C(C)(C2CC2)NC(=O)C1(C)C. The second-order valence-electron chi connectivity index (χ2n) is 6.80. The minimum absolute atomic E-state index is 0.0304. The van der Waals surface area contributed by atoms with Crippen molar-refractivity contribution in [2.45, 2.75) is 58.5 Å². The van der Waals surface area contributed by atoms with Crippen molar-refractivity contribution in [3.05, 3.63) is 0 Å². The highest BCUT2D eigenvalue weighted by Gasteiger charge is 2.57. The number of piperazine rings is 1. The molecule has 1 aliphatic heterocycles. The lowest BCUT2D eigenvalue weighted by atomic mass is 9.84. The number of hydrogen-bond acceptors (Lipinski definition) is 2. The fourth-order valence-corrected chi connectivity index (χ4v) is 2.71. The Morgan fingerprint density at radius 2 is 1.83 bits per heavy atom. The number of carbonyl (C=O) groups is 2. The van der Waals surface area contributed by atoms with Crippen LogP contribution in [-0.4, -0.2) is 34.3 Å². The van der Waals surface area contributed by atoms with Crippen LogP contribution in [0.1, 0.15) is 47.5 Å². The fourth-order valence-electron chi connectivity index (χ4n) is 2.71. The lowest BCUT2D eigenvalue weighted by molar-refractivity contribution is -0.162. The van der Waals surface area contributed by atoms with Crippen LogP contribution in [0.15, 0.2) is 0 Å². The van der Waals surface area contributed by atoms with Crippen molar-refractivity contribution in [1.82, 2.24) is 10.2 Å². The summed E-state index contributed by atoms with van der Waals surface area (Å²) < 4.78 is 0. The zero-order valence-electron chi connectivity index (χ0n) is 12.0. The van der Waals surface area contributed by atoms with Crippen LogP contribution in [0.5, 0.6) is 0 Å². The molecule has 0 radical (unpaired) electrons. The number of hydrogen-bond donors (Lipinski definition) is 1. The van der Waals surface area contributed by atoms with E-state index in [0.29, 0.717) is 18.4 Å². The summed E-state index contributed by atoms with van der Waals surface area (Å²) in [4.78, 5) is 26.8. The standard InChI is InChI=1S/C14H24N2O2/c1-9(2)8-16-12(18)14(5,10-6-7-10)15-11(17)13(16,3)4/h9-10H,6-8H2,1-5H3,(H,15,17). The third kappa shape index (κ3) is 1.91. The van der Waals surface area contributed by atoms with E-state index in [0.717, 1.165) is 12.8 Å². The molecule has 1 unspecified atom stereocenters. The van der Waals surface area contributed by atoms with E-state index in [4.69, 9.17) is 0 Å². The van der Waals surface area contributed by atoms with Gasteiger partial charge < -0.3 is 10.2 Å². The molecule has 1 saturated carbocycles. The van der Waals surface area contributed by atoms with E-state index >= 15 is 0 Å². The maximum absolute atomic E-state index is 12.7. The number of amides is 2. The minimum Gasteiger partial charge on any atom is -0.340 e. The van der Waals surface area contributed by atoms with E-state index in [1.54, 1.807) is 4.90 Å². The van der Waals surface area contributed by atoms with Gasteiger partial charge in [0, 0.05) is 6.54 Å². The van der Waals surface area contributed by atoms with Gasteiger partial charge in [0.1, 0.15) is 11.1 Å². The molecule has 2 rings (SSSR count). The molecule has 18 heavy (non-hydrogen) atoms. The van der Waals surface area contributed by atoms with Gasteiger partial charge >= 0.3 is 0 Å². The van der Waals surface area contributed by atoms with E-state index in [9.17, 15) is 9.59 Å². The van der Waals surface area contributed by atoms with E-state index in [2.05, 4.69) is 19.2 Å². The van der Waals surface area contributed by atoms with Gasteiger partial charge in [-0.05, 0) is 45.4 Å². The summed E-state index contributed by atoms with van der Waals surface area (Å²) in [5, 5.41) is 2.97. The van der Waals surface area contributed by atoms with Crippen molar-refractivity contribution in [1.29, 1.82) is 0 Å². The predicted molar refractivity (Wildman–Crippen MR) is 69.9 cm³/mol. The molecule has 0 bridgehead atoms. The minimum atomic E-state index is -0.740. The van der Waals surface area contributed by atoms with Gasteiger partial charge in [0.15, 0.2) is 0 Å². The highest BCUT2D eigenvalue weighted by molar-refractivity contribution is 6.02. The molecule has 1 N–H and O–H groups in total. The molecule has 2 aliphatic rings. The first-order chi connectivity index (χ1) is 8.19. The summed E-state index contributed by atoms with van der Waals surface area (Å²) in [6, 6.07) is 0. The predicted octanol–water partition coefficient (Wildman–Crippen LogP) is 1.55. The van der Waals surface area contributed by atoms with Gasteiger partial charge in [-0.3, -0.25) is 9.59 Å². The Morgan fingerprint density at radius 3 is 2.28 bits per heavy atom. The van der Waals surface area contributed by atoms with Crippen LogP contribution < -0.4 is 5.32 Å². The van der Waals surface area contributed by atoms with Crippen molar-refractivity contribution in [3.8, 4) is 0 Å². The van der Waals surface area contributed by atoms with E-state index in [1.165, 1.54) is 0 Å². The zero-order valence-corrected chi connectivity index (χ0v) is 12.0. The molecule has 0 aromatic heterocycles. The number of carbonyl (C=O) groups excluding carboxylic acids is 2. The quantitative estimate of drug-likeness (QED) is 0.828. The summed E-state index contributed by atoms with van der Waals surface area (Å²) in [5.74, 6) is 0.739. The fraction of sp³-hybridized carbons (Fsp3) is 0.857. The van der Waals surface area contributed by atoms with Gasteiger partial charge in [-0.15, -0.1) is 0 Å². The molecule has 2 fully saturated rings. The summed E-state index contributed by atoms with van der Waals surface area (Å²) >= 11 is 0. The van der Waals surface area contributed by atoms with Crippen molar-refractivity contribution >= 4 is 11.8 Å². The van der Waals surface area contributed by atoms with Gasteiger partial charge in [-0.1, -0.05) is 13.8 Å². The molecule has 1 aliphatic carbocycles. The zero-order chi connectivity index (χ0) is 13.7. The van der Waals surface area contributed by atoms with Crippen molar-refractivity contribution in [2.75, 3.05) is 6.54 Å². The second kappa shape index (κ2) is 3.97. The molecule has 0 aromatic rings. The van der Waals surface area contributed by atoms with Gasteiger partial charge in [0.05, 0.1) is 0 Å². The van der Waals surface area contributed by atoms with Crippen LogP contribution in [0.2, 0.25) is 0 Å². The van der Waals surface area contributed by atoms with Crippen molar-refractivity contribution in [3.63, 3.8) is 0 Å². The van der Waals surface area contributed by atoms with E-state index in [1.807, 2.05) is 20.8 Å². The van der Waals surface area contributed by atoms with Gasteiger partial charge in [0.25, 0.3) is 0 Å². The van der Waals surface area contributed by atoms with Crippen LogP contribution in [0.3, 0.4) is 0 Å². The first-order valence-corrected chi connectivity index (χ1v) is 6.84. The van der Waals surface area contributed by atoms with Crippen molar-refractivity contribution in [2.24, 2.45) is 11.8 Å². The van der Waals surface area contributed by atoms with Crippen LogP contribution in [0.25, 0.3) is 0 Å². The summed E-state index contributed by atoms with van der Waals surface area (Å²) in [6.45, 7) is 10.3. The molecule has 2 amide bonds. The maximum atomic E-state index is 12.7. The first kappa shape index (κ1) is 13.4. The average molecular weight is 252 g/mol. The number of nitrogens with zero attached hydrogens (tertiary/aromatic N) is 1. The van der Waals surface area contributed by atoms with E-state index < -0.39 is 11.1 Å². The Hall–Kier alpha value is -1.06. The Kier molecular flexibility index (Phi) is 2.95. The summed E-state index contributed by atoms with van der Waals surface area (Å²) in [7, 11) is 0. The lowest BCUT2D eigenvalue weighted by Gasteiger charge is -2.49. The number of rotatable bonds is 3. The Bertz CT molecular complexity index is 385. The summed E-state index contributed by atoms with van der Waals surface area (Å²) in [6.07, 6.45) is 2.08. The lowest BCUT2D eigenvalue weighted by Crippen LogP contribution is -2.74. The van der Waals surface area contributed by atoms with Gasteiger partial charge in [-0.2, -0.15) is 0 Å². The Balaban J connectivity index is 2.32. The van der Waals surface area contributed by atoms with Gasteiger partial charge in [0.2, 0.25) is 11.8 Å². The molecule has 4 heteroatoms. The molecule has 1 atom stereocenters. The highest BCUT2D eigenvalue weighted by Crippen LogP contribution is 2.43. The largest absolute Gasteiger partial charge is 0.340 e. The third-order valence-electron chi connectivity index (χ3n) is 4.23. The van der Waals surface area contributed by atoms with Crippen LogP contribution in [-0.2, 0) is 9.59 Å². The molecule has 1 heterocycles. The molecule has 1 saturated heterocycles.